The highest BCUT2D eigenvalue weighted by Gasteiger charge is 2.31. The molecule has 1 saturated carbocycles. The molecule has 2 atom stereocenters. The Morgan fingerprint density at radius 3 is 2.69 bits per heavy atom. The zero-order valence-corrected chi connectivity index (χ0v) is 10.8. The lowest BCUT2D eigenvalue weighted by molar-refractivity contribution is 0.404. The van der Waals surface area contributed by atoms with Crippen LogP contribution < -0.4 is 5.73 Å². The topological polar surface area (TPSA) is 26.0 Å². The van der Waals surface area contributed by atoms with Crippen LogP contribution in [-0.4, -0.2) is 6.04 Å². The summed E-state index contributed by atoms with van der Waals surface area (Å²) >= 11 is 6.22. The molecular weight excluding hydrogens is 218 g/mol. The van der Waals surface area contributed by atoms with Crippen LogP contribution in [0.2, 0.25) is 5.02 Å². The fourth-order valence-electron chi connectivity index (χ4n) is 2.23. The molecule has 1 aromatic carbocycles. The molecule has 0 aromatic heterocycles. The highest BCUT2D eigenvalue weighted by atomic mass is 35.5. The molecule has 0 amide bonds. The van der Waals surface area contributed by atoms with Crippen molar-refractivity contribution in [1.82, 2.24) is 0 Å². The molecule has 0 radical (unpaired) electrons. The van der Waals surface area contributed by atoms with Crippen LogP contribution in [0.15, 0.2) is 18.2 Å². The van der Waals surface area contributed by atoms with Crippen molar-refractivity contribution in [3.8, 4) is 0 Å². The predicted molar refractivity (Wildman–Crippen MR) is 69.8 cm³/mol. The number of hydrogen-bond donors (Lipinski definition) is 1. The zero-order chi connectivity index (χ0) is 11.7. The first-order valence-corrected chi connectivity index (χ1v) is 6.46. The van der Waals surface area contributed by atoms with E-state index in [9.17, 15) is 0 Å². The Hall–Kier alpha value is -0.530. The molecule has 2 rings (SSSR count). The first-order chi connectivity index (χ1) is 7.58. The van der Waals surface area contributed by atoms with Gasteiger partial charge in [-0.3, -0.25) is 0 Å². The predicted octanol–water partition coefficient (Wildman–Crippen LogP) is 3.56. The molecule has 1 nitrogen and oxygen atoms in total. The second-order valence-corrected chi connectivity index (χ2v) is 5.57. The van der Waals surface area contributed by atoms with E-state index >= 15 is 0 Å². The van der Waals surface area contributed by atoms with Crippen LogP contribution in [0.25, 0.3) is 0 Å². The summed E-state index contributed by atoms with van der Waals surface area (Å²) in [6.07, 6.45) is 3.61. The smallest absolute Gasteiger partial charge is 0.0441 e. The van der Waals surface area contributed by atoms with Gasteiger partial charge in [-0.05, 0) is 55.2 Å². The third kappa shape index (κ3) is 2.78. The molecule has 0 bridgehead atoms. The SMILES string of the molecule is Cc1ccc(CC(N)C(C)C2CC2)c(Cl)c1. The van der Waals surface area contributed by atoms with E-state index in [1.54, 1.807) is 0 Å². The molecule has 1 aliphatic carbocycles. The fourth-order valence-corrected chi connectivity index (χ4v) is 2.54. The van der Waals surface area contributed by atoms with Crippen LogP contribution in [0.5, 0.6) is 0 Å². The Kier molecular flexibility index (Phi) is 3.56. The Labute approximate surface area is 103 Å². The van der Waals surface area contributed by atoms with Crippen molar-refractivity contribution in [2.24, 2.45) is 17.6 Å². The van der Waals surface area contributed by atoms with E-state index in [2.05, 4.69) is 26.0 Å². The van der Waals surface area contributed by atoms with E-state index in [4.69, 9.17) is 17.3 Å². The Bertz CT molecular complexity index is 371. The van der Waals surface area contributed by atoms with Crippen molar-refractivity contribution >= 4 is 11.6 Å². The third-order valence-corrected chi connectivity index (χ3v) is 4.06. The van der Waals surface area contributed by atoms with Crippen molar-refractivity contribution < 1.29 is 0 Å². The molecule has 0 saturated heterocycles. The maximum Gasteiger partial charge on any atom is 0.0441 e. The first-order valence-electron chi connectivity index (χ1n) is 6.08. The zero-order valence-electron chi connectivity index (χ0n) is 10.0. The highest BCUT2D eigenvalue weighted by molar-refractivity contribution is 6.31. The summed E-state index contributed by atoms with van der Waals surface area (Å²) in [6, 6.07) is 6.48. The summed E-state index contributed by atoms with van der Waals surface area (Å²) in [5, 5.41) is 0.860. The van der Waals surface area contributed by atoms with Crippen LogP contribution in [0.4, 0.5) is 0 Å². The molecule has 1 aliphatic rings. The van der Waals surface area contributed by atoms with Gasteiger partial charge in [0.1, 0.15) is 0 Å². The number of benzene rings is 1. The second-order valence-electron chi connectivity index (χ2n) is 5.16. The van der Waals surface area contributed by atoms with Crippen LogP contribution in [-0.2, 0) is 6.42 Å². The van der Waals surface area contributed by atoms with Crippen molar-refractivity contribution in [3.63, 3.8) is 0 Å². The highest BCUT2D eigenvalue weighted by Crippen LogP contribution is 2.38. The minimum atomic E-state index is 0.243. The third-order valence-electron chi connectivity index (χ3n) is 3.71. The van der Waals surface area contributed by atoms with E-state index in [0.29, 0.717) is 5.92 Å². The van der Waals surface area contributed by atoms with E-state index in [1.165, 1.54) is 24.0 Å². The van der Waals surface area contributed by atoms with Gasteiger partial charge in [-0.2, -0.15) is 0 Å². The summed E-state index contributed by atoms with van der Waals surface area (Å²) in [4.78, 5) is 0. The molecule has 0 heterocycles. The summed E-state index contributed by atoms with van der Waals surface area (Å²) < 4.78 is 0. The quantitative estimate of drug-likeness (QED) is 0.852. The van der Waals surface area contributed by atoms with E-state index in [0.717, 1.165) is 17.4 Å². The molecule has 2 N–H and O–H groups in total. The van der Waals surface area contributed by atoms with Crippen LogP contribution in [0.3, 0.4) is 0 Å². The van der Waals surface area contributed by atoms with Gasteiger partial charge in [0, 0.05) is 11.1 Å². The second kappa shape index (κ2) is 4.77. The number of rotatable bonds is 4. The number of nitrogens with two attached hydrogens (primary N) is 1. The molecular formula is C14H20ClN. The first kappa shape index (κ1) is 11.9. The van der Waals surface area contributed by atoms with Crippen LogP contribution in [0, 0.1) is 18.8 Å². The standard InChI is InChI=1S/C14H20ClN/c1-9-3-4-12(13(15)7-9)8-14(16)10(2)11-5-6-11/h3-4,7,10-11,14H,5-6,8,16H2,1-2H3. The maximum atomic E-state index is 6.24. The largest absolute Gasteiger partial charge is 0.327 e. The normalized spacial score (nSPS) is 19.5. The van der Waals surface area contributed by atoms with E-state index in [1.807, 2.05) is 6.07 Å². The number of hydrogen-bond acceptors (Lipinski definition) is 1. The van der Waals surface area contributed by atoms with Gasteiger partial charge in [0.15, 0.2) is 0 Å². The van der Waals surface area contributed by atoms with Gasteiger partial charge in [0.05, 0.1) is 0 Å². The lowest BCUT2D eigenvalue weighted by Gasteiger charge is -2.20. The monoisotopic (exact) mass is 237 g/mol. The van der Waals surface area contributed by atoms with Crippen molar-refractivity contribution in [3.05, 3.63) is 34.3 Å². The van der Waals surface area contributed by atoms with Crippen LogP contribution >= 0.6 is 11.6 Å². The van der Waals surface area contributed by atoms with Crippen LogP contribution in [0.1, 0.15) is 30.9 Å². The summed E-state index contributed by atoms with van der Waals surface area (Å²) in [6.45, 7) is 4.33. The average molecular weight is 238 g/mol. The van der Waals surface area contributed by atoms with Crippen molar-refractivity contribution in [2.45, 2.75) is 39.2 Å². The molecule has 0 spiro atoms. The number of halogens is 1. The molecule has 1 aromatic rings. The molecule has 2 unspecified atom stereocenters. The Morgan fingerprint density at radius 1 is 1.44 bits per heavy atom. The van der Waals surface area contributed by atoms with Gasteiger partial charge in [-0.25, -0.2) is 0 Å². The van der Waals surface area contributed by atoms with E-state index < -0.39 is 0 Å². The average Bonchev–Trinajstić information content (AvgIpc) is 3.04. The van der Waals surface area contributed by atoms with Crippen molar-refractivity contribution in [2.75, 3.05) is 0 Å². The van der Waals surface area contributed by atoms with Gasteiger partial charge >= 0.3 is 0 Å². The molecule has 2 heteroatoms. The summed E-state index contributed by atoms with van der Waals surface area (Å²) in [5.74, 6) is 1.48. The maximum absolute atomic E-state index is 6.24. The van der Waals surface area contributed by atoms with Gasteiger partial charge < -0.3 is 5.73 Å². The molecule has 1 fully saturated rings. The Morgan fingerprint density at radius 2 is 2.12 bits per heavy atom. The Balaban J connectivity index is 2.02. The van der Waals surface area contributed by atoms with Gasteiger partial charge in [-0.1, -0.05) is 30.7 Å². The summed E-state index contributed by atoms with van der Waals surface area (Å²) in [5.41, 5.74) is 8.63. The summed E-state index contributed by atoms with van der Waals surface area (Å²) in [7, 11) is 0. The minimum absolute atomic E-state index is 0.243. The molecule has 0 aliphatic heterocycles. The fraction of sp³-hybridized carbons (Fsp3) is 0.571. The lowest BCUT2D eigenvalue weighted by Crippen LogP contribution is -2.31. The van der Waals surface area contributed by atoms with Gasteiger partial charge in [0.2, 0.25) is 0 Å². The van der Waals surface area contributed by atoms with Gasteiger partial charge in [-0.15, -0.1) is 0 Å². The minimum Gasteiger partial charge on any atom is -0.327 e. The molecule has 16 heavy (non-hydrogen) atoms. The molecule has 88 valence electrons. The van der Waals surface area contributed by atoms with Gasteiger partial charge in [0.25, 0.3) is 0 Å². The lowest BCUT2D eigenvalue weighted by atomic mass is 9.92. The number of aryl methyl sites for hydroxylation is 1. The van der Waals surface area contributed by atoms with Crippen molar-refractivity contribution in [1.29, 1.82) is 0 Å². The van der Waals surface area contributed by atoms with E-state index in [-0.39, 0.29) is 6.04 Å².